The Kier molecular flexibility index (Phi) is 6.42. The van der Waals surface area contributed by atoms with Crippen molar-refractivity contribution in [1.82, 2.24) is 10.6 Å². The largest absolute Gasteiger partial charge is 0.354 e. The molecule has 0 bridgehead atoms. The molecule has 2 N–H and O–H groups in total. The molecule has 0 saturated carbocycles. The predicted octanol–water partition coefficient (Wildman–Crippen LogP) is 2.05. The van der Waals surface area contributed by atoms with E-state index in [0.717, 1.165) is 11.3 Å². The third-order valence-electron chi connectivity index (χ3n) is 2.64. The molecule has 19 heavy (non-hydrogen) atoms. The molecule has 0 radical (unpaired) electrons. The van der Waals surface area contributed by atoms with Crippen LogP contribution in [0.1, 0.15) is 30.6 Å². The molecule has 0 spiro atoms. The van der Waals surface area contributed by atoms with E-state index >= 15 is 0 Å². The summed E-state index contributed by atoms with van der Waals surface area (Å²) in [5, 5.41) is 5.43. The average Bonchev–Trinajstić information content (AvgIpc) is 2.44. The number of rotatable bonds is 6. The normalized spacial score (nSPS) is 11.7. The second kappa shape index (κ2) is 7.84. The summed E-state index contributed by atoms with van der Waals surface area (Å²) in [6.45, 7) is 4.29. The minimum absolute atomic E-state index is 0.157. The molecule has 0 aromatic heterocycles. The van der Waals surface area contributed by atoms with Crippen LogP contribution >= 0.6 is 11.8 Å². The van der Waals surface area contributed by atoms with Gasteiger partial charge in [0.05, 0.1) is 0 Å². The van der Waals surface area contributed by atoms with E-state index in [-0.39, 0.29) is 11.8 Å². The maximum absolute atomic E-state index is 11.9. The zero-order valence-corrected chi connectivity index (χ0v) is 12.3. The van der Waals surface area contributed by atoms with E-state index in [1.54, 1.807) is 30.8 Å². The highest BCUT2D eigenvalue weighted by molar-refractivity contribution is 7.98. The second-order valence-electron chi connectivity index (χ2n) is 4.21. The van der Waals surface area contributed by atoms with Crippen LogP contribution in [0, 0.1) is 0 Å². The summed E-state index contributed by atoms with van der Waals surface area (Å²) in [7, 11) is 0. The molecule has 0 fully saturated rings. The number of benzene rings is 1. The predicted molar refractivity (Wildman–Crippen MR) is 78.5 cm³/mol. The maximum Gasteiger partial charge on any atom is 0.251 e. The highest BCUT2D eigenvalue weighted by Gasteiger charge is 2.15. The summed E-state index contributed by atoms with van der Waals surface area (Å²) in [4.78, 5) is 24.7. The van der Waals surface area contributed by atoms with Gasteiger partial charge in [0.25, 0.3) is 5.91 Å². The molecule has 0 aliphatic carbocycles. The summed E-state index contributed by atoms with van der Waals surface area (Å²) in [6, 6.07) is 6.78. The SMILES string of the molecule is CCCNC(=O)[C@@H](C)NC(=O)c1ccc(SC)cc1. The lowest BCUT2D eigenvalue weighted by Gasteiger charge is -2.13. The number of thioether (sulfide) groups is 1. The van der Waals surface area contributed by atoms with E-state index in [9.17, 15) is 9.59 Å². The van der Waals surface area contributed by atoms with Crippen LogP contribution in [-0.2, 0) is 4.79 Å². The van der Waals surface area contributed by atoms with Crippen LogP contribution in [0.2, 0.25) is 0 Å². The molecule has 104 valence electrons. The minimum atomic E-state index is -0.528. The fraction of sp³-hybridized carbons (Fsp3) is 0.429. The van der Waals surface area contributed by atoms with Gasteiger partial charge in [-0.15, -0.1) is 11.8 Å². The number of carbonyl (C=O) groups is 2. The molecule has 4 nitrogen and oxygen atoms in total. The van der Waals surface area contributed by atoms with Crippen molar-refractivity contribution in [3.8, 4) is 0 Å². The lowest BCUT2D eigenvalue weighted by molar-refractivity contribution is -0.122. The number of hydrogen-bond donors (Lipinski definition) is 2. The smallest absolute Gasteiger partial charge is 0.251 e. The molecule has 0 heterocycles. The van der Waals surface area contributed by atoms with Crippen LogP contribution in [0.5, 0.6) is 0 Å². The highest BCUT2D eigenvalue weighted by atomic mass is 32.2. The van der Waals surface area contributed by atoms with Gasteiger partial charge in [0.15, 0.2) is 0 Å². The van der Waals surface area contributed by atoms with Crippen LogP contribution < -0.4 is 10.6 Å². The van der Waals surface area contributed by atoms with Gasteiger partial charge >= 0.3 is 0 Å². The molecule has 5 heteroatoms. The van der Waals surface area contributed by atoms with Gasteiger partial charge in [-0.1, -0.05) is 6.92 Å². The maximum atomic E-state index is 11.9. The van der Waals surface area contributed by atoms with E-state index in [0.29, 0.717) is 12.1 Å². The molecular weight excluding hydrogens is 260 g/mol. The van der Waals surface area contributed by atoms with Gasteiger partial charge in [0.1, 0.15) is 6.04 Å². The molecule has 0 saturated heterocycles. The Morgan fingerprint density at radius 1 is 1.26 bits per heavy atom. The average molecular weight is 280 g/mol. The zero-order chi connectivity index (χ0) is 14.3. The van der Waals surface area contributed by atoms with Crippen LogP contribution in [0.25, 0.3) is 0 Å². The number of nitrogens with one attached hydrogen (secondary N) is 2. The first-order valence-electron chi connectivity index (χ1n) is 6.31. The number of amides is 2. The Bertz CT molecular complexity index is 432. The van der Waals surface area contributed by atoms with Gasteiger partial charge in [0.2, 0.25) is 5.91 Å². The van der Waals surface area contributed by atoms with Crippen LogP contribution in [0.4, 0.5) is 0 Å². The van der Waals surface area contributed by atoms with Gasteiger partial charge in [-0.2, -0.15) is 0 Å². The van der Waals surface area contributed by atoms with Gasteiger partial charge in [0, 0.05) is 17.0 Å². The van der Waals surface area contributed by atoms with Crippen LogP contribution in [0.15, 0.2) is 29.2 Å². The fourth-order valence-electron chi connectivity index (χ4n) is 1.49. The summed E-state index contributed by atoms with van der Waals surface area (Å²) < 4.78 is 0. The summed E-state index contributed by atoms with van der Waals surface area (Å²) in [6.07, 6.45) is 2.86. The van der Waals surface area contributed by atoms with Crippen molar-refractivity contribution in [3.05, 3.63) is 29.8 Å². The summed E-state index contributed by atoms with van der Waals surface area (Å²) >= 11 is 1.62. The first-order valence-corrected chi connectivity index (χ1v) is 7.53. The first kappa shape index (κ1) is 15.6. The Labute approximate surface area is 118 Å². The van der Waals surface area contributed by atoms with E-state index < -0.39 is 6.04 Å². The minimum Gasteiger partial charge on any atom is -0.354 e. The quantitative estimate of drug-likeness (QED) is 0.784. The molecule has 1 atom stereocenters. The molecule has 1 aromatic rings. The van der Waals surface area contributed by atoms with E-state index in [1.165, 1.54) is 0 Å². The summed E-state index contributed by atoms with van der Waals surface area (Å²) in [5.41, 5.74) is 0.563. The van der Waals surface area contributed by atoms with E-state index in [2.05, 4.69) is 10.6 Å². The van der Waals surface area contributed by atoms with E-state index in [1.807, 2.05) is 25.3 Å². The van der Waals surface area contributed by atoms with E-state index in [4.69, 9.17) is 0 Å². The molecule has 1 rings (SSSR count). The Balaban J connectivity index is 2.55. The third kappa shape index (κ3) is 4.95. The molecule has 2 amide bonds. The first-order chi connectivity index (χ1) is 9.08. The van der Waals surface area contributed by atoms with Crippen molar-refractivity contribution in [2.24, 2.45) is 0 Å². The topological polar surface area (TPSA) is 58.2 Å². The van der Waals surface area contributed by atoms with Gasteiger partial charge < -0.3 is 10.6 Å². The second-order valence-corrected chi connectivity index (χ2v) is 5.09. The lowest BCUT2D eigenvalue weighted by atomic mass is 10.2. The zero-order valence-electron chi connectivity index (χ0n) is 11.5. The Hall–Kier alpha value is -1.49. The van der Waals surface area contributed by atoms with Crippen molar-refractivity contribution >= 4 is 23.6 Å². The standard InChI is InChI=1S/C14H20N2O2S/c1-4-9-15-13(17)10(2)16-14(18)11-5-7-12(19-3)8-6-11/h5-8,10H,4,9H2,1-3H3,(H,15,17)(H,16,18)/t10-/m1/s1. The third-order valence-corrected chi connectivity index (χ3v) is 3.39. The molecule has 0 aliphatic heterocycles. The number of carbonyl (C=O) groups excluding carboxylic acids is 2. The van der Waals surface area contributed by atoms with Crippen molar-refractivity contribution in [2.75, 3.05) is 12.8 Å². The highest BCUT2D eigenvalue weighted by Crippen LogP contribution is 2.14. The van der Waals surface area contributed by atoms with Crippen molar-refractivity contribution in [1.29, 1.82) is 0 Å². The molecule has 1 aromatic carbocycles. The Morgan fingerprint density at radius 3 is 2.42 bits per heavy atom. The van der Waals surface area contributed by atoms with Crippen molar-refractivity contribution in [3.63, 3.8) is 0 Å². The summed E-state index contributed by atoms with van der Waals surface area (Å²) in [5.74, 6) is -0.386. The Morgan fingerprint density at radius 2 is 1.89 bits per heavy atom. The van der Waals surface area contributed by atoms with Crippen LogP contribution in [0.3, 0.4) is 0 Å². The van der Waals surface area contributed by atoms with Crippen molar-refractivity contribution in [2.45, 2.75) is 31.2 Å². The van der Waals surface area contributed by atoms with Gasteiger partial charge in [-0.25, -0.2) is 0 Å². The van der Waals surface area contributed by atoms with Gasteiger partial charge in [-0.05, 0) is 43.9 Å². The monoisotopic (exact) mass is 280 g/mol. The molecule has 0 aliphatic rings. The molecular formula is C14H20N2O2S. The molecule has 0 unspecified atom stereocenters. The van der Waals surface area contributed by atoms with Crippen molar-refractivity contribution < 1.29 is 9.59 Å². The van der Waals surface area contributed by atoms with Crippen LogP contribution in [-0.4, -0.2) is 30.7 Å². The fourth-order valence-corrected chi connectivity index (χ4v) is 1.90. The van der Waals surface area contributed by atoms with Gasteiger partial charge in [-0.3, -0.25) is 9.59 Å². The number of hydrogen-bond acceptors (Lipinski definition) is 3. The lowest BCUT2D eigenvalue weighted by Crippen LogP contribution is -2.44.